The molecule has 0 fully saturated rings. The second kappa shape index (κ2) is 3.97. The van der Waals surface area contributed by atoms with Gasteiger partial charge in [-0.2, -0.15) is 0 Å². The van der Waals surface area contributed by atoms with Crippen molar-refractivity contribution in [3.63, 3.8) is 0 Å². The summed E-state index contributed by atoms with van der Waals surface area (Å²) in [5, 5.41) is 10.4. The summed E-state index contributed by atoms with van der Waals surface area (Å²) in [6.45, 7) is 6.62. The van der Waals surface area contributed by atoms with Crippen LogP contribution in [0.2, 0.25) is 0 Å². The minimum absolute atomic E-state index is 0.153. The Bertz CT molecular complexity index is 391. The van der Waals surface area contributed by atoms with Gasteiger partial charge < -0.3 is 5.11 Å². The third-order valence-corrected chi connectivity index (χ3v) is 3.72. The van der Waals surface area contributed by atoms with E-state index in [-0.39, 0.29) is 11.3 Å². The monoisotopic (exact) mass is 216 g/mol. The summed E-state index contributed by atoms with van der Waals surface area (Å²) in [5.74, 6) is 0.701. The number of allylic oxidation sites excluding steroid dienone is 7. The molecule has 0 aromatic carbocycles. The highest BCUT2D eigenvalue weighted by molar-refractivity contribution is 5.44. The average molecular weight is 216 g/mol. The lowest BCUT2D eigenvalue weighted by Crippen LogP contribution is -2.30. The molecule has 1 heteroatoms. The maximum absolute atomic E-state index is 10.4. The van der Waals surface area contributed by atoms with E-state index in [1.54, 1.807) is 0 Å². The zero-order valence-electron chi connectivity index (χ0n) is 10.3. The number of rotatable bonds is 1. The SMILES string of the molecule is CC1=CCCC(C)(C)C1C(O)=C1C=CC=C1. The minimum atomic E-state index is 0.153. The Morgan fingerprint density at radius 2 is 1.94 bits per heavy atom. The summed E-state index contributed by atoms with van der Waals surface area (Å²) >= 11 is 0. The summed E-state index contributed by atoms with van der Waals surface area (Å²) in [7, 11) is 0. The van der Waals surface area contributed by atoms with Gasteiger partial charge >= 0.3 is 0 Å². The lowest BCUT2D eigenvalue weighted by Gasteiger charge is -2.38. The predicted octanol–water partition coefficient (Wildman–Crippen LogP) is 4.31. The standard InChI is InChI=1S/C15H20O/c1-11-7-6-10-15(2,3)13(11)14(16)12-8-4-5-9-12/h4-5,7-9,13,16H,6,10H2,1-3H3. The maximum atomic E-state index is 10.4. The van der Waals surface area contributed by atoms with Crippen LogP contribution < -0.4 is 0 Å². The Kier molecular flexibility index (Phi) is 2.79. The van der Waals surface area contributed by atoms with Crippen LogP contribution in [0.15, 0.2) is 47.3 Å². The van der Waals surface area contributed by atoms with E-state index in [0.29, 0.717) is 5.76 Å². The molecule has 0 aromatic heterocycles. The van der Waals surface area contributed by atoms with E-state index in [4.69, 9.17) is 0 Å². The Labute approximate surface area is 97.9 Å². The van der Waals surface area contributed by atoms with Crippen molar-refractivity contribution in [3.8, 4) is 0 Å². The van der Waals surface area contributed by atoms with Gasteiger partial charge in [-0.1, -0.05) is 49.8 Å². The molecule has 0 heterocycles. The fraction of sp³-hybridized carbons (Fsp3) is 0.467. The first-order valence-corrected chi connectivity index (χ1v) is 5.97. The van der Waals surface area contributed by atoms with Crippen LogP contribution in [-0.4, -0.2) is 5.11 Å². The van der Waals surface area contributed by atoms with Crippen molar-refractivity contribution in [3.05, 3.63) is 47.3 Å². The van der Waals surface area contributed by atoms with E-state index in [9.17, 15) is 5.11 Å². The van der Waals surface area contributed by atoms with Crippen LogP contribution in [0.3, 0.4) is 0 Å². The molecule has 2 aliphatic carbocycles. The quantitative estimate of drug-likeness (QED) is 0.511. The maximum Gasteiger partial charge on any atom is 0.107 e. The number of hydrogen-bond acceptors (Lipinski definition) is 1. The van der Waals surface area contributed by atoms with Crippen LogP contribution in [0.5, 0.6) is 0 Å². The lowest BCUT2D eigenvalue weighted by atomic mass is 9.67. The van der Waals surface area contributed by atoms with Crippen molar-refractivity contribution in [1.82, 2.24) is 0 Å². The molecule has 1 atom stereocenters. The van der Waals surface area contributed by atoms with Crippen molar-refractivity contribution >= 4 is 0 Å². The highest BCUT2D eigenvalue weighted by Crippen LogP contribution is 2.45. The molecule has 0 amide bonds. The van der Waals surface area contributed by atoms with Gasteiger partial charge in [0.05, 0.1) is 0 Å². The second-order valence-electron chi connectivity index (χ2n) is 5.47. The Balaban J connectivity index is 2.41. The molecule has 2 aliphatic rings. The van der Waals surface area contributed by atoms with Gasteiger partial charge in [0.2, 0.25) is 0 Å². The number of hydrogen-bond donors (Lipinski definition) is 1. The van der Waals surface area contributed by atoms with Crippen LogP contribution in [0.4, 0.5) is 0 Å². The average Bonchev–Trinajstić information content (AvgIpc) is 2.68. The van der Waals surface area contributed by atoms with E-state index in [1.807, 2.05) is 24.3 Å². The smallest absolute Gasteiger partial charge is 0.107 e. The third kappa shape index (κ3) is 1.87. The van der Waals surface area contributed by atoms with Crippen LogP contribution >= 0.6 is 0 Å². The van der Waals surface area contributed by atoms with Gasteiger partial charge in [-0.3, -0.25) is 0 Å². The zero-order chi connectivity index (χ0) is 11.8. The van der Waals surface area contributed by atoms with Gasteiger partial charge in [-0.15, -0.1) is 0 Å². The normalized spacial score (nSPS) is 27.1. The number of aliphatic hydroxyl groups is 1. The predicted molar refractivity (Wildman–Crippen MR) is 68.2 cm³/mol. The molecule has 16 heavy (non-hydrogen) atoms. The molecule has 1 N–H and O–H groups in total. The van der Waals surface area contributed by atoms with Gasteiger partial charge in [0, 0.05) is 11.5 Å². The molecule has 86 valence electrons. The summed E-state index contributed by atoms with van der Waals surface area (Å²) in [4.78, 5) is 0. The van der Waals surface area contributed by atoms with Crippen molar-refractivity contribution < 1.29 is 5.11 Å². The minimum Gasteiger partial charge on any atom is -0.511 e. The summed E-state index contributed by atoms with van der Waals surface area (Å²) in [5.41, 5.74) is 2.42. The summed E-state index contributed by atoms with van der Waals surface area (Å²) in [6.07, 6.45) is 12.4. The topological polar surface area (TPSA) is 20.2 Å². The molecule has 1 unspecified atom stereocenters. The Morgan fingerprint density at radius 3 is 2.50 bits per heavy atom. The molecule has 2 rings (SSSR count). The molecule has 0 aromatic rings. The van der Waals surface area contributed by atoms with Crippen LogP contribution in [-0.2, 0) is 0 Å². The first-order valence-electron chi connectivity index (χ1n) is 5.97. The van der Waals surface area contributed by atoms with E-state index in [2.05, 4.69) is 26.8 Å². The zero-order valence-corrected chi connectivity index (χ0v) is 10.3. The van der Waals surface area contributed by atoms with Gasteiger partial charge in [0.1, 0.15) is 5.76 Å². The van der Waals surface area contributed by atoms with E-state index in [0.717, 1.165) is 18.4 Å². The molecule has 0 saturated heterocycles. The Morgan fingerprint density at radius 1 is 1.31 bits per heavy atom. The van der Waals surface area contributed by atoms with Gasteiger partial charge in [0.25, 0.3) is 0 Å². The van der Waals surface area contributed by atoms with Gasteiger partial charge in [-0.05, 0) is 25.2 Å². The largest absolute Gasteiger partial charge is 0.511 e. The number of aliphatic hydroxyl groups excluding tert-OH is 1. The molecule has 1 nitrogen and oxygen atoms in total. The molecule has 0 radical (unpaired) electrons. The highest BCUT2D eigenvalue weighted by atomic mass is 16.3. The van der Waals surface area contributed by atoms with Crippen LogP contribution in [0.25, 0.3) is 0 Å². The second-order valence-corrected chi connectivity index (χ2v) is 5.47. The van der Waals surface area contributed by atoms with Gasteiger partial charge in [-0.25, -0.2) is 0 Å². The third-order valence-electron chi connectivity index (χ3n) is 3.72. The molecular formula is C15H20O. The van der Waals surface area contributed by atoms with Crippen molar-refractivity contribution in [1.29, 1.82) is 0 Å². The summed E-state index contributed by atoms with van der Waals surface area (Å²) < 4.78 is 0. The van der Waals surface area contributed by atoms with Crippen LogP contribution in [0, 0.1) is 11.3 Å². The summed E-state index contributed by atoms with van der Waals surface area (Å²) in [6, 6.07) is 0. The fourth-order valence-corrected chi connectivity index (χ4v) is 2.85. The first kappa shape index (κ1) is 11.3. The molecular weight excluding hydrogens is 196 g/mol. The molecule has 0 spiro atoms. The van der Waals surface area contributed by atoms with E-state index < -0.39 is 0 Å². The van der Waals surface area contributed by atoms with Gasteiger partial charge in [0.15, 0.2) is 0 Å². The van der Waals surface area contributed by atoms with E-state index in [1.165, 1.54) is 5.57 Å². The van der Waals surface area contributed by atoms with Crippen molar-refractivity contribution in [2.75, 3.05) is 0 Å². The van der Waals surface area contributed by atoms with E-state index >= 15 is 0 Å². The first-order chi connectivity index (χ1) is 7.52. The van der Waals surface area contributed by atoms with Crippen molar-refractivity contribution in [2.24, 2.45) is 11.3 Å². The van der Waals surface area contributed by atoms with Crippen molar-refractivity contribution in [2.45, 2.75) is 33.6 Å². The Hall–Kier alpha value is -1.24. The highest BCUT2D eigenvalue weighted by Gasteiger charge is 2.36. The molecule has 0 saturated carbocycles. The fourth-order valence-electron chi connectivity index (χ4n) is 2.85. The van der Waals surface area contributed by atoms with Crippen LogP contribution in [0.1, 0.15) is 33.6 Å². The lowest BCUT2D eigenvalue weighted by molar-refractivity contribution is 0.186. The molecule has 0 aliphatic heterocycles. The molecule has 0 bridgehead atoms.